The van der Waals surface area contributed by atoms with Gasteiger partial charge in [0.15, 0.2) is 0 Å². The van der Waals surface area contributed by atoms with Gasteiger partial charge in [-0.05, 0) is 63.7 Å². The van der Waals surface area contributed by atoms with Gasteiger partial charge in [-0.1, -0.05) is 12.1 Å². The molecule has 0 amide bonds. The van der Waals surface area contributed by atoms with Crippen molar-refractivity contribution in [3.05, 3.63) is 49.2 Å². The van der Waals surface area contributed by atoms with Crippen LogP contribution in [0.15, 0.2) is 29.6 Å². The number of rotatable bonds is 3. The molecular formula is C13H14INOS. The van der Waals surface area contributed by atoms with Gasteiger partial charge in [0.05, 0.1) is 16.0 Å². The van der Waals surface area contributed by atoms with Crippen molar-refractivity contribution in [2.75, 3.05) is 7.11 Å². The van der Waals surface area contributed by atoms with Crippen molar-refractivity contribution in [2.45, 2.75) is 13.0 Å². The van der Waals surface area contributed by atoms with Crippen LogP contribution in [0.5, 0.6) is 5.75 Å². The van der Waals surface area contributed by atoms with Crippen LogP contribution in [0.1, 0.15) is 22.7 Å². The summed E-state index contributed by atoms with van der Waals surface area (Å²) in [6.07, 6.45) is 0. The Bertz CT molecular complexity index is 524. The minimum absolute atomic E-state index is 0.0561. The van der Waals surface area contributed by atoms with Crippen LogP contribution in [-0.4, -0.2) is 7.11 Å². The highest BCUT2D eigenvalue weighted by molar-refractivity contribution is 14.1. The Morgan fingerprint density at radius 3 is 2.59 bits per heavy atom. The van der Waals surface area contributed by atoms with Crippen molar-refractivity contribution in [2.24, 2.45) is 5.73 Å². The summed E-state index contributed by atoms with van der Waals surface area (Å²) in [6.45, 7) is 2.03. The minimum atomic E-state index is -0.0561. The molecule has 1 aromatic carbocycles. The summed E-state index contributed by atoms with van der Waals surface area (Å²) in [7, 11) is 1.68. The summed E-state index contributed by atoms with van der Waals surface area (Å²) in [5, 5.41) is 2.12. The molecule has 1 heterocycles. The number of hydrogen-bond acceptors (Lipinski definition) is 3. The third-order valence-corrected chi connectivity index (χ3v) is 4.53. The van der Waals surface area contributed by atoms with E-state index in [0.29, 0.717) is 0 Å². The van der Waals surface area contributed by atoms with Gasteiger partial charge >= 0.3 is 0 Å². The molecule has 4 heteroatoms. The summed E-state index contributed by atoms with van der Waals surface area (Å²) >= 11 is 4.04. The fourth-order valence-electron chi connectivity index (χ4n) is 1.77. The first kappa shape index (κ1) is 12.9. The Morgan fingerprint density at radius 2 is 2.06 bits per heavy atom. The number of hydrogen-bond donors (Lipinski definition) is 1. The van der Waals surface area contributed by atoms with E-state index in [1.807, 2.05) is 19.1 Å². The van der Waals surface area contributed by atoms with Crippen LogP contribution in [0.3, 0.4) is 0 Å². The molecule has 17 heavy (non-hydrogen) atoms. The minimum Gasteiger partial charge on any atom is -0.496 e. The molecule has 1 unspecified atom stereocenters. The lowest BCUT2D eigenvalue weighted by atomic mass is 10.0. The molecule has 0 spiro atoms. The SMILES string of the molecule is COc1ccc(C(N)c2csc(I)c2)cc1C. The number of halogens is 1. The zero-order valence-corrected chi connectivity index (χ0v) is 12.7. The van der Waals surface area contributed by atoms with E-state index in [2.05, 4.69) is 40.1 Å². The third kappa shape index (κ3) is 2.81. The van der Waals surface area contributed by atoms with Crippen molar-refractivity contribution in [1.82, 2.24) is 0 Å². The molecule has 0 bridgehead atoms. The lowest BCUT2D eigenvalue weighted by molar-refractivity contribution is 0.411. The maximum absolute atomic E-state index is 6.25. The first-order chi connectivity index (χ1) is 8.11. The smallest absolute Gasteiger partial charge is 0.121 e. The van der Waals surface area contributed by atoms with Gasteiger partial charge in [0.2, 0.25) is 0 Å². The van der Waals surface area contributed by atoms with Crippen molar-refractivity contribution in [3.63, 3.8) is 0 Å². The van der Waals surface area contributed by atoms with E-state index in [0.717, 1.165) is 16.9 Å². The number of aryl methyl sites for hydroxylation is 1. The number of thiophene rings is 1. The molecule has 1 atom stereocenters. The van der Waals surface area contributed by atoms with Crippen LogP contribution in [0, 0.1) is 9.81 Å². The molecular weight excluding hydrogens is 345 g/mol. The maximum atomic E-state index is 6.25. The summed E-state index contributed by atoms with van der Waals surface area (Å²) < 4.78 is 6.51. The highest BCUT2D eigenvalue weighted by Crippen LogP contribution is 2.28. The normalized spacial score (nSPS) is 12.5. The first-order valence-electron chi connectivity index (χ1n) is 5.26. The Morgan fingerprint density at radius 1 is 1.29 bits per heavy atom. The van der Waals surface area contributed by atoms with E-state index >= 15 is 0 Å². The number of nitrogens with two attached hydrogens (primary N) is 1. The van der Waals surface area contributed by atoms with Crippen LogP contribution < -0.4 is 10.5 Å². The molecule has 0 saturated heterocycles. The van der Waals surface area contributed by atoms with Crippen molar-refractivity contribution in [1.29, 1.82) is 0 Å². The second-order valence-electron chi connectivity index (χ2n) is 3.89. The van der Waals surface area contributed by atoms with Gasteiger partial charge < -0.3 is 10.5 Å². The molecule has 0 fully saturated rings. The summed E-state index contributed by atoms with van der Waals surface area (Å²) in [4.78, 5) is 0. The fraction of sp³-hybridized carbons (Fsp3) is 0.231. The average Bonchev–Trinajstić information content (AvgIpc) is 2.75. The molecule has 1 aromatic heterocycles. The van der Waals surface area contributed by atoms with Gasteiger partial charge in [-0.15, -0.1) is 11.3 Å². The molecule has 0 aliphatic rings. The van der Waals surface area contributed by atoms with Crippen LogP contribution in [0.4, 0.5) is 0 Å². The molecule has 2 nitrogen and oxygen atoms in total. The quantitative estimate of drug-likeness (QED) is 0.848. The van der Waals surface area contributed by atoms with Crippen molar-refractivity contribution in [3.8, 4) is 5.75 Å². The molecule has 0 aliphatic carbocycles. The largest absolute Gasteiger partial charge is 0.496 e. The predicted octanol–water partition coefficient (Wildman–Crippen LogP) is 3.72. The zero-order valence-electron chi connectivity index (χ0n) is 9.74. The summed E-state index contributed by atoms with van der Waals surface area (Å²) in [5.41, 5.74) is 9.66. The van der Waals surface area contributed by atoms with E-state index in [-0.39, 0.29) is 6.04 Å². The molecule has 2 N–H and O–H groups in total. The van der Waals surface area contributed by atoms with Crippen LogP contribution >= 0.6 is 33.9 Å². The van der Waals surface area contributed by atoms with E-state index in [4.69, 9.17) is 10.5 Å². The average molecular weight is 359 g/mol. The number of methoxy groups -OCH3 is 1. The lowest BCUT2D eigenvalue weighted by Gasteiger charge is -2.13. The first-order valence-corrected chi connectivity index (χ1v) is 7.21. The van der Waals surface area contributed by atoms with Gasteiger partial charge in [0.25, 0.3) is 0 Å². The molecule has 0 saturated carbocycles. The molecule has 2 aromatic rings. The third-order valence-electron chi connectivity index (χ3n) is 2.72. The Balaban J connectivity index is 2.31. The van der Waals surface area contributed by atoms with Gasteiger partial charge in [0, 0.05) is 0 Å². The van der Waals surface area contributed by atoms with E-state index in [1.54, 1.807) is 18.4 Å². The number of ether oxygens (including phenoxy) is 1. The van der Waals surface area contributed by atoms with Crippen LogP contribution in [0.2, 0.25) is 0 Å². The Hall–Kier alpha value is -0.590. The zero-order chi connectivity index (χ0) is 12.4. The summed E-state index contributed by atoms with van der Waals surface area (Å²) in [5.74, 6) is 0.904. The maximum Gasteiger partial charge on any atom is 0.121 e. The second-order valence-corrected chi connectivity index (χ2v) is 6.70. The van der Waals surface area contributed by atoms with Gasteiger partial charge in [-0.3, -0.25) is 0 Å². The molecule has 2 rings (SSSR count). The van der Waals surface area contributed by atoms with Gasteiger partial charge in [-0.2, -0.15) is 0 Å². The van der Waals surface area contributed by atoms with Gasteiger partial charge in [0.1, 0.15) is 5.75 Å². The van der Waals surface area contributed by atoms with E-state index < -0.39 is 0 Å². The monoisotopic (exact) mass is 359 g/mol. The van der Waals surface area contributed by atoms with Gasteiger partial charge in [-0.25, -0.2) is 0 Å². The fourth-order valence-corrected chi connectivity index (χ4v) is 3.18. The topological polar surface area (TPSA) is 35.2 Å². The van der Waals surface area contributed by atoms with Crippen LogP contribution in [-0.2, 0) is 0 Å². The molecule has 90 valence electrons. The van der Waals surface area contributed by atoms with Crippen molar-refractivity contribution < 1.29 is 4.74 Å². The summed E-state index contributed by atoms with van der Waals surface area (Å²) in [6, 6.07) is 8.17. The highest BCUT2D eigenvalue weighted by Gasteiger charge is 2.11. The number of benzene rings is 1. The predicted molar refractivity (Wildman–Crippen MR) is 80.8 cm³/mol. The highest BCUT2D eigenvalue weighted by atomic mass is 127. The lowest BCUT2D eigenvalue weighted by Crippen LogP contribution is -2.11. The molecule has 0 radical (unpaired) electrons. The Labute approximate surface area is 119 Å². The second kappa shape index (κ2) is 5.37. The molecule has 0 aliphatic heterocycles. The van der Waals surface area contributed by atoms with Crippen molar-refractivity contribution >= 4 is 33.9 Å². The van der Waals surface area contributed by atoms with E-state index in [9.17, 15) is 0 Å². The van der Waals surface area contributed by atoms with Crippen LogP contribution in [0.25, 0.3) is 0 Å². The Kier molecular flexibility index (Phi) is 4.06. The van der Waals surface area contributed by atoms with E-state index in [1.165, 1.54) is 8.45 Å². The standard InChI is InChI=1S/C13H14INOS/c1-8-5-9(3-4-11(8)16-2)13(15)10-6-12(14)17-7-10/h3-7,13H,15H2,1-2H3.